The van der Waals surface area contributed by atoms with Crippen molar-refractivity contribution in [2.75, 3.05) is 7.05 Å². The molecule has 1 aromatic rings. The van der Waals surface area contributed by atoms with Crippen molar-refractivity contribution in [1.29, 1.82) is 0 Å². The molecule has 0 aromatic heterocycles. The first kappa shape index (κ1) is 10.8. The number of benzene rings is 1. The molecule has 1 aromatic carbocycles. The van der Waals surface area contributed by atoms with Crippen molar-refractivity contribution < 1.29 is 0 Å². The molecule has 0 aliphatic rings. The first-order valence-corrected chi connectivity index (χ1v) is 3.60. The fraction of sp³-hybridized carbons (Fsp3) is 0.250. The zero-order chi connectivity index (χ0) is 7.40. The Morgan fingerprint density at radius 1 is 1.27 bits per heavy atom. The maximum atomic E-state index is 5.69. The largest absolute Gasteiger partial charge is 0.316 e. The molecule has 0 atom stereocenters. The highest BCUT2D eigenvalue weighted by Crippen LogP contribution is 2.08. The van der Waals surface area contributed by atoms with Crippen molar-refractivity contribution in [3.63, 3.8) is 0 Å². The average Bonchev–Trinajstić information content (AvgIpc) is 1.95. The molecule has 0 aliphatic carbocycles. The van der Waals surface area contributed by atoms with Crippen LogP contribution in [-0.4, -0.2) is 7.05 Å². The Labute approximate surface area is 78.2 Å². The van der Waals surface area contributed by atoms with Crippen molar-refractivity contribution >= 4 is 24.0 Å². The van der Waals surface area contributed by atoms with Crippen LogP contribution >= 0.6 is 24.0 Å². The minimum absolute atomic E-state index is 0. The molecule has 0 saturated heterocycles. The molecular formula is C8H11Cl2N. The zero-order valence-corrected chi connectivity index (χ0v) is 7.88. The normalized spacial score (nSPS) is 8.91. The molecule has 0 amide bonds. The lowest BCUT2D eigenvalue weighted by Gasteiger charge is -1.97. The van der Waals surface area contributed by atoms with Crippen LogP contribution in [0.15, 0.2) is 24.3 Å². The molecule has 1 nitrogen and oxygen atoms in total. The lowest BCUT2D eigenvalue weighted by atomic mass is 10.2. The van der Waals surface area contributed by atoms with E-state index in [0.717, 1.165) is 11.6 Å². The number of hydrogen-bond acceptors (Lipinski definition) is 1. The van der Waals surface area contributed by atoms with Gasteiger partial charge in [-0.3, -0.25) is 0 Å². The first-order chi connectivity index (χ1) is 4.83. The van der Waals surface area contributed by atoms with Gasteiger partial charge in [0.2, 0.25) is 0 Å². The highest BCUT2D eigenvalue weighted by atomic mass is 35.5. The Bertz CT molecular complexity index is 196. The second kappa shape index (κ2) is 5.42. The van der Waals surface area contributed by atoms with Crippen LogP contribution < -0.4 is 5.32 Å². The molecule has 0 aliphatic heterocycles. The van der Waals surface area contributed by atoms with E-state index in [4.69, 9.17) is 11.6 Å². The van der Waals surface area contributed by atoms with Crippen LogP contribution in [0.4, 0.5) is 0 Å². The SMILES string of the molecule is CNCc1ccc(Cl)cc1.Cl. The number of hydrogen-bond donors (Lipinski definition) is 1. The van der Waals surface area contributed by atoms with E-state index in [9.17, 15) is 0 Å². The quantitative estimate of drug-likeness (QED) is 0.758. The Morgan fingerprint density at radius 2 is 1.82 bits per heavy atom. The van der Waals surface area contributed by atoms with Crippen LogP contribution in [0.3, 0.4) is 0 Å². The molecular weight excluding hydrogens is 181 g/mol. The van der Waals surface area contributed by atoms with Crippen LogP contribution in [0, 0.1) is 0 Å². The maximum absolute atomic E-state index is 5.69. The maximum Gasteiger partial charge on any atom is 0.0406 e. The highest BCUT2D eigenvalue weighted by molar-refractivity contribution is 6.30. The monoisotopic (exact) mass is 191 g/mol. The molecule has 1 N–H and O–H groups in total. The van der Waals surface area contributed by atoms with Crippen molar-refractivity contribution in [2.45, 2.75) is 6.54 Å². The minimum atomic E-state index is 0. The molecule has 0 fully saturated rings. The first-order valence-electron chi connectivity index (χ1n) is 3.22. The summed E-state index contributed by atoms with van der Waals surface area (Å²) in [4.78, 5) is 0. The molecule has 0 heterocycles. The van der Waals surface area contributed by atoms with Crippen molar-refractivity contribution in [1.82, 2.24) is 5.32 Å². The van der Waals surface area contributed by atoms with Gasteiger partial charge >= 0.3 is 0 Å². The zero-order valence-electron chi connectivity index (χ0n) is 6.30. The Kier molecular flexibility index (Phi) is 5.30. The van der Waals surface area contributed by atoms with Gasteiger partial charge in [-0.1, -0.05) is 23.7 Å². The highest BCUT2D eigenvalue weighted by Gasteiger charge is 1.88. The van der Waals surface area contributed by atoms with Gasteiger partial charge in [0.25, 0.3) is 0 Å². The number of rotatable bonds is 2. The van der Waals surface area contributed by atoms with Gasteiger partial charge < -0.3 is 5.32 Å². The number of halogens is 2. The van der Waals surface area contributed by atoms with E-state index in [0.29, 0.717) is 0 Å². The predicted octanol–water partition coefficient (Wildman–Crippen LogP) is 2.48. The van der Waals surface area contributed by atoms with E-state index in [1.165, 1.54) is 5.56 Å². The third-order valence-electron chi connectivity index (χ3n) is 1.29. The van der Waals surface area contributed by atoms with Gasteiger partial charge in [0, 0.05) is 11.6 Å². The van der Waals surface area contributed by atoms with E-state index in [-0.39, 0.29) is 12.4 Å². The third kappa shape index (κ3) is 3.61. The Balaban J connectivity index is 0.000001000. The summed E-state index contributed by atoms with van der Waals surface area (Å²) in [5.74, 6) is 0. The van der Waals surface area contributed by atoms with Gasteiger partial charge in [0.05, 0.1) is 0 Å². The lowest BCUT2D eigenvalue weighted by Crippen LogP contribution is -2.04. The fourth-order valence-corrected chi connectivity index (χ4v) is 0.932. The molecule has 11 heavy (non-hydrogen) atoms. The summed E-state index contributed by atoms with van der Waals surface area (Å²) in [6, 6.07) is 7.82. The standard InChI is InChI=1S/C8H10ClN.ClH/c1-10-6-7-2-4-8(9)5-3-7;/h2-5,10H,6H2,1H3;1H. The van der Waals surface area contributed by atoms with E-state index >= 15 is 0 Å². The van der Waals surface area contributed by atoms with Crippen molar-refractivity contribution in [2.24, 2.45) is 0 Å². The summed E-state index contributed by atoms with van der Waals surface area (Å²) in [6.45, 7) is 0.900. The lowest BCUT2D eigenvalue weighted by molar-refractivity contribution is 0.818. The van der Waals surface area contributed by atoms with E-state index in [2.05, 4.69) is 5.32 Å². The summed E-state index contributed by atoms with van der Waals surface area (Å²) in [5, 5.41) is 3.85. The van der Waals surface area contributed by atoms with Gasteiger partial charge in [-0.25, -0.2) is 0 Å². The summed E-state index contributed by atoms with van der Waals surface area (Å²) >= 11 is 5.69. The molecule has 0 unspecified atom stereocenters. The van der Waals surface area contributed by atoms with Crippen LogP contribution in [-0.2, 0) is 6.54 Å². The summed E-state index contributed by atoms with van der Waals surface area (Å²) in [7, 11) is 1.93. The second-order valence-corrected chi connectivity index (χ2v) is 2.59. The Hall–Kier alpha value is -0.240. The molecule has 62 valence electrons. The van der Waals surface area contributed by atoms with Crippen molar-refractivity contribution in [3.05, 3.63) is 34.9 Å². The molecule has 0 bridgehead atoms. The molecule has 3 heteroatoms. The van der Waals surface area contributed by atoms with Gasteiger partial charge in [-0.2, -0.15) is 0 Å². The van der Waals surface area contributed by atoms with E-state index in [1.807, 2.05) is 31.3 Å². The van der Waals surface area contributed by atoms with E-state index < -0.39 is 0 Å². The van der Waals surface area contributed by atoms with Gasteiger partial charge in [0.1, 0.15) is 0 Å². The summed E-state index contributed by atoms with van der Waals surface area (Å²) in [5.41, 5.74) is 1.26. The van der Waals surface area contributed by atoms with Gasteiger partial charge in [-0.15, -0.1) is 12.4 Å². The van der Waals surface area contributed by atoms with Gasteiger partial charge in [0.15, 0.2) is 0 Å². The average molecular weight is 192 g/mol. The third-order valence-corrected chi connectivity index (χ3v) is 1.55. The predicted molar refractivity (Wildman–Crippen MR) is 51.5 cm³/mol. The van der Waals surface area contributed by atoms with Crippen LogP contribution in [0.2, 0.25) is 5.02 Å². The fourth-order valence-electron chi connectivity index (χ4n) is 0.806. The molecule has 1 rings (SSSR count). The van der Waals surface area contributed by atoms with Crippen LogP contribution in [0.5, 0.6) is 0 Å². The summed E-state index contributed by atoms with van der Waals surface area (Å²) in [6.07, 6.45) is 0. The molecule has 0 spiro atoms. The van der Waals surface area contributed by atoms with Crippen molar-refractivity contribution in [3.8, 4) is 0 Å². The van der Waals surface area contributed by atoms with Crippen LogP contribution in [0.25, 0.3) is 0 Å². The van der Waals surface area contributed by atoms with Gasteiger partial charge in [-0.05, 0) is 24.7 Å². The smallest absolute Gasteiger partial charge is 0.0406 e. The Morgan fingerprint density at radius 3 is 2.27 bits per heavy atom. The second-order valence-electron chi connectivity index (χ2n) is 2.16. The molecule has 0 saturated carbocycles. The number of nitrogens with one attached hydrogen (secondary N) is 1. The minimum Gasteiger partial charge on any atom is -0.316 e. The van der Waals surface area contributed by atoms with Crippen LogP contribution in [0.1, 0.15) is 5.56 Å². The summed E-state index contributed by atoms with van der Waals surface area (Å²) < 4.78 is 0. The van der Waals surface area contributed by atoms with E-state index in [1.54, 1.807) is 0 Å². The molecule has 0 radical (unpaired) electrons. The topological polar surface area (TPSA) is 12.0 Å².